The minimum absolute atomic E-state index is 0.593. The number of benzene rings is 1. The van der Waals surface area contributed by atoms with Gasteiger partial charge in [0.05, 0.1) is 28.8 Å². The van der Waals surface area contributed by atoms with E-state index in [1.54, 1.807) is 0 Å². The summed E-state index contributed by atoms with van der Waals surface area (Å²) < 4.78 is 6.66. The monoisotopic (exact) mass is 389 g/mol. The highest BCUT2D eigenvalue weighted by Gasteiger charge is 2.08. The number of aryl methyl sites for hydroxylation is 2. The van der Waals surface area contributed by atoms with Gasteiger partial charge in [-0.2, -0.15) is 0 Å². The zero-order valence-corrected chi connectivity index (χ0v) is 16.3. The van der Waals surface area contributed by atoms with Crippen LogP contribution in [0.25, 0.3) is 0 Å². The first-order valence-electron chi connectivity index (χ1n) is 8.09. The molecule has 5 heteroatoms. The number of aliphatic imine (C=N–C) groups is 1. The first kappa shape index (κ1) is 18.5. The standard InChI is InChI=1S/C19H24BrN3O/c1-5-23(4)13-21-18-12-17(20)19(22-15(18)3)24-11-10-16-8-6-14(2)7-9-16/h6-9,12-13H,5,10-11H2,1-4H3. The fraction of sp³-hybridized carbons (Fsp3) is 0.368. The second-order valence-electron chi connectivity index (χ2n) is 5.78. The first-order valence-corrected chi connectivity index (χ1v) is 8.88. The molecule has 0 saturated heterocycles. The van der Waals surface area contributed by atoms with Crippen LogP contribution in [0.4, 0.5) is 5.69 Å². The van der Waals surface area contributed by atoms with Crippen LogP contribution in [-0.4, -0.2) is 36.4 Å². The summed E-state index contributed by atoms with van der Waals surface area (Å²) >= 11 is 3.53. The van der Waals surface area contributed by atoms with E-state index in [2.05, 4.69) is 64.0 Å². The minimum Gasteiger partial charge on any atom is -0.477 e. The van der Waals surface area contributed by atoms with E-state index in [0.717, 1.165) is 28.8 Å². The average Bonchev–Trinajstić information content (AvgIpc) is 2.57. The van der Waals surface area contributed by atoms with Crippen LogP contribution in [0.3, 0.4) is 0 Å². The lowest BCUT2D eigenvalue weighted by molar-refractivity contribution is 0.307. The van der Waals surface area contributed by atoms with Crippen LogP contribution in [0.1, 0.15) is 23.7 Å². The third-order valence-corrected chi connectivity index (χ3v) is 4.32. The fourth-order valence-corrected chi connectivity index (χ4v) is 2.46. The Kier molecular flexibility index (Phi) is 6.79. The molecule has 0 aliphatic heterocycles. The summed E-state index contributed by atoms with van der Waals surface area (Å²) in [6.07, 6.45) is 2.67. The number of ether oxygens (including phenoxy) is 1. The quantitative estimate of drug-likeness (QED) is 0.508. The topological polar surface area (TPSA) is 37.7 Å². The summed E-state index contributed by atoms with van der Waals surface area (Å²) in [6, 6.07) is 10.5. The van der Waals surface area contributed by atoms with Crippen molar-refractivity contribution < 1.29 is 4.74 Å². The lowest BCUT2D eigenvalue weighted by Gasteiger charge is -2.11. The molecule has 0 aliphatic rings. The number of halogens is 1. The summed E-state index contributed by atoms with van der Waals surface area (Å²) in [7, 11) is 1.99. The highest BCUT2D eigenvalue weighted by Crippen LogP contribution is 2.29. The molecule has 0 spiro atoms. The molecule has 0 radical (unpaired) electrons. The number of hydrogen-bond acceptors (Lipinski definition) is 3. The summed E-state index contributed by atoms with van der Waals surface area (Å²) in [5.41, 5.74) is 4.22. The Labute approximate surface area is 152 Å². The van der Waals surface area contributed by atoms with Gasteiger partial charge >= 0.3 is 0 Å². The van der Waals surface area contributed by atoms with Gasteiger partial charge in [0.25, 0.3) is 0 Å². The van der Waals surface area contributed by atoms with E-state index in [4.69, 9.17) is 4.74 Å². The Morgan fingerprint density at radius 3 is 2.62 bits per heavy atom. The molecule has 24 heavy (non-hydrogen) atoms. The smallest absolute Gasteiger partial charge is 0.228 e. The highest BCUT2D eigenvalue weighted by atomic mass is 79.9. The molecule has 0 amide bonds. The largest absolute Gasteiger partial charge is 0.477 e. The molecule has 2 aromatic rings. The number of hydrogen-bond donors (Lipinski definition) is 0. The van der Waals surface area contributed by atoms with E-state index < -0.39 is 0 Å². The molecule has 1 aromatic heterocycles. The predicted octanol–water partition coefficient (Wildman–Crippen LogP) is 4.69. The van der Waals surface area contributed by atoms with Crippen LogP contribution in [0.2, 0.25) is 0 Å². The van der Waals surface area contributed by atoms with Crippen LogP contribution >= 0.6 is 15.9 Å². The molecule has 1 aromatic carbocycles. The molecule has 0 aliphatic carbocycles. The fourth-order valence-electron chi connectivity index (χ4n) is 2.04. The number of rotatable bonds is 7. The van der Waals surface area contributed by atoms with Crippen molar-refractivity contribution in [1.29, 1.82) is 0 Å². The van der Waals surface area contributed by atoms with Gasteiger partial charge < -0.3 is 9.64 Å². The molecule has 128 valence electrons. The average molecular weight is 390 g/mol. The molecule has 0 atom stereocenters. The van der Waals surface area contributed by atoms with Crippen LogP contribution in [-0.2, 0) is 6.42 Å². The van der Waals surface area contributed by atoms with E-state index >= 15 is 0 Å². The van der Waals surface area contributed by atoms with Crippen molar-refractivity contribution in [3.05, 3.63) is 51.6 Å². The van der Waals surface area contributed by atoms with Gasteiger partial charge in [-0.3, -0.25) is 0 Å². The molecule has 0 unspecified atom stereocenters. The van der Waals surface area contributed by atoms with Gasteiger partial charge in [-0.15, -0.1) is 0 Å². The van der Waals surface area contributed by atoms with Gasteiger partial charge in [-0.25, -0.2) is 9.98 Å². The number of pyridine rings is 1. The number of nitrogens with zero attached hydrogens (tertiary/aromatic N) is 3. The van der Waals surface area contributed by atoms with Crippen molar-refractivity contribution in [2.45, 2.75) is 27.2 Å². The zero-order valence-electron chi connectivity index (χ0n) is 14.7. The molecular weight excluding hydrogens is 366 g/mol. The van der Waals surface area contributed by atoms with Gasteiger partial charge in [-0.05, 0) is 48.3 Å². The Morgan fingerprint density at radius 2 is 1.96 bits per heavy atom. The second kappa shape index (κ2) is 8.83. The van der Waals surface area contributed by atoms with Crippen molar-refractivity contribution in [3.63, 3.8) is 0 Å². The Hall–Kier alpha value is -1.88. The van der Waals surface area contributed by atoms with Crippen LogP contribution in [0.15, 0.2) is 39.8 Å². The summed E-state index contributed by atoms with van der Waals surface area (Å²) in [6.45, 7) is 7.62. The van der Waals surface area contributed by atoms with Crippen LogP contribution in [0.5, 0.6) is 5.88 Å². The molecule has 2 rings (SSSR count). The summed E-state index contributed by atoms with van der Waals surface area (Å²) in [5, 5.41) is 0. The normalized spacial score (nSPS) is 11.0. The summed E-state index contributed by atoms with van der Waals surface area (Å²) in [4.78, 5) is 11.0. The predicted molar refractivity (Wildman–Crippen MR) is 104 cm³/mol. The maximum atomic E-state index is 5.83. The third kappa shape index (κ3) is 5.34. The minimum atomic E-state index is 0.593. The molecule has 1 heterocycles. The van der Waals surface area contributed by atoms with Crippen LogP contribution in [0, 0.1) is 13.8 Å². The Bertz CT molecular complexity index is 699. The second-order valence-corrected chi connectivity index (χ2v) is 6.64. The van der Waals surface area contributed by atoms with E-state index in [-0.39, 0.29) is 0 Å². The Morgan fingerprint density at radius 1 is 1.25 bits per heavy atom. The lowest BCUT2D eigenvalue weighted by atomic mass is 10.1. The highest BCUT2D eigenvalue weighted by molar-refractivity contribution is 9.10. The van der Waals surface area contributed by atoms with E-state index in [9.17, 15) is 0 Å². The molecule has 0 saturated carbocycles. The van der Waals surface area contributed by atoms with Gasteiger partial charge in [0.2, 0.25) is 5.88 Å². The molecule has 0 fully saturated rings. The first-order chi connectivity index (χ1) is 11.5. The van der Waals surface area contributed by atoms with Gasteiger partial charge in [0.15, 0.2) is 0 Å². The summed E-state index contributed by atoms with van der Waals surface area (Å²) in [5.74, 6) is 0.613. The maximum Gasteiger partial charge on any atom is 0.228 e. The van der Waals surface area contributed by atoms with Crippen molar-refractivity contribution in [2.75, 3.05) is 20.2 Å². The van der Waals surface area contributed by atoms with E-state index in [0.29, 0.717) is 12.5 Å². The third-order valence-electron chi connectivity index (χ3n) is 3.75. The zero-order chi connectivity index (χ0) is 17.5. The van der Waals surface area contributed by atoms with Crippen molar-refractivity contribution in [3.8, 4) is 5.88 Å². The van der Waals surface area contributed by atoms with Gasteiger partial charge in [0.1, 0.15) is 0 Å². The van der Waals surface area contributed by atoms with Crippen molar-refractivity contribution >= 4 is 28.0 Å². The maximum absolute atomic E-state index is 5.83. The lowest BCUT2D eigenvalue weighted by Crippen LogP contribution is -2.14. The Balaban J connectivity index is 1.99. The SMILES string of the molecule is CCN(C)C=Nc1cc(Br)c(OCCc2ccc(C)cc2)nc1C. The molecule has 4 nitrogen and oxygen atoms in total. The van der Waals surface area contributed by atoms with Gasteiger partial charge in [0, 0.05) is 20.0 Å². The molecular formula is C19H24BrN3O. The van der Waals surface area contributed by atoms with Crippen LogP contribution < -0.4 is 4.74 Å². The number of aromatic nitrogens is 1. The van der Waals surface area contributed by atoms with Crippen molar-refractivity contribution in [1.82, 2.24) is 9.88 Å². The van der Waals surface area contributed by atoms with Crippen molar-refractivity contribution in [2.24, 2.45) is 4.99 Å². The van der Waals surface area contributed by atoms with E-state index in [1.807, 2.05) is 31.3 Å². The molecule has 0 N–H and O–H groups in total. The van der Waals surface area contributed by atoms with Gasteiger partial charge in [-0.1, -0.05) is 29.8 Å². The van der Waals surface area contributed by atoms with E-state index in [1.165, 1.54) is 11.1 Å². The molecule has 0 bridgehead atoms.